The summed E-state index contributed by atoms with van der Waals surface area (Å²) in [5, 5.41) is 11.9. The van der Waals surface area contributed by atoms with Crippen LogP contribution in [0.25, 0.3) is 11.1 Å². The number of rotatable bonds is 9. The van der Waals surface area contributed by atoms with Gasteiger partial charge in [-0.25, -0.2) is 0 Å². The Balaban J connectivity index is 1.49. The molecule has 3 aromatic carbocycles. The SMILES string of the molecule is CC(C)c1ccc(-c2ccc(CCOc3ccc(NC(=O)C(C)(N)CO)cc3)cc2)cc1. The summed E-state index contributed by atoms with van der Waals surface area (Å²) in [6.45, 7) is 6.01. The average Bonchev–Trinajstić information content (AvgIpc) is 2.80. The smallest absolute Gasteiger partial charge is 0.246 e. The van der Waals surface area contributed by atoms with Crippen LogP contribution in [0.5, 0.6) is 5.75 Å². The fraction of sp³-hybridized carbons (Fsp3) is 0.296. The second-order valence-electron chi connectivity index (χ2n) is 8.63. The molecule has 0 fully saturated rings. The van der Waals surface area contributed by atoms with Gasteiger partial charge in [0.15, 0.2) is 0 Å². The fourth-order valence-corrected chi connectivity index (χ4v) is 3.19. The van der Waals surface area contributed by atoms with Gasteiger partial charge in [-0.3, -0.25) is 4.79 Å². The van der Waals surface area contributed by atoms with E-state index < -0.39 is 18.1 Å². The van der Waals surface area contributed by atoms with E-state index in [1.54, 1.807) is 24.3 Å². The van der Waals surface area contributed by atoms with Crippen molar-refractivity contribution in [3.05, 3.63) is 83.9 Å². The zero-order valence-corrected chi connectivity index (χ0v) is 19.0. The van der Waals surface area contributed by atoms with Crippen molar-refractivity contribution in [3.63, 3.8) is 0 Å². The first-order chi connectivity index (χ1) is 15.3. The average molecular weight is 433 g/mol. The van der Waals surface area contributed by atoms with Crippen LogP contribution in [0.1, 0.15) is 37.8 Å². The largest absolute Gasteiger partial charge is 0.493 e. The lowest BCUT2D eigenvalue weighted by Gasteiger charge is -2.20. The van der Waals surface area contributed by atoms with Gasteiger partial charge in [0.2, 0.25) is 5.91 Å². The Bertz CT molecular complexity index is 1010. The zero-order valence-electron chi connectivity index (χ0n) is 19.0. The summed E-state index contributed by atoms with van der Waals surface area (Å²) in [6, 6.07) is 24.4. The molecule has 0 saturated carbocycles. The molecule has 3 aromatic rings. The lowest BCUT2D eigenvalue weighted by Crippen LogP contribution is -2.51. The van der Waals surface area contributed by atoms with Crippen LogP contribution in [0.2, 0.25) is 0 Å². The number of benzene rings is 3. The molecule has 0 saturated heterocycles. The predicted octanol–water partition coefficient (Wildman–Crippen LogP) is 4.75. The Morgan fingerprint density at radius 2 is 1.53 bits per heavy atom. The lowest BCUT2D eigenvalue weighted by atomic mass is 9.98. The number of nitrogens with two attached hydrogens (primary N) is 1. The summed E-state index contributed by atoms with van der Waals surface area (Å²) in [4.78, 5) is 12.0. The fourth-order valence-electron chi connectivity index (χ4n) is 3.19. The van der Waals surface area contributed by atoms with Gasteiger partial charge in [0.1, 0.15) is 11.3 Å². The first-order valence-corrected chi connectivity index (χ1v) is 10.9. The number of amides is 1. The number of aliphatic hydroxyl groups is 1. The molecule has 5 heteroatoms. The van der Waals surface area contributed by atoms with E-state index in [-0.39, 0.29) is 0 Å². The number of hydrogen-bond acceptors (Lipinski definition) is 4. The molecule has 0 aliphatic heterocycles. The number of anilines is 1. The predicted molar refractivity (Wildman–Crippen MR) is 130 cm³/mol. The Hall–Kier alpha value is -3.15. The van der Waals surface area contributed by atoms with E-state index in [1.165, 1.54) is 29.2 Å². The summed E-state index contributed by atoms with van der Waals surface area (Å²) in [5.41, 5.74) is 10.0. The van der Waals surface area contributed by atoms with Gasteiger partial charge in [-0.1, -0.05) is 62.4 Å². The molecule has 5 nitrogen and oxygen atoms in total. The topological polar surface area (TPSA) is 84.6 Å². The number of hydrogen-bond donors (Lipinski definition) is 3. The first kappa shape index (κ1) is 23.5. The highest BCUT2D eigenvalue weighted by Crippen LogP contribution is 2.23. The quantitative estimate of drug-likeness (QED) is 0.456. The highest BCUT2D eigenvalue weighted by molar-refractivity contribution is 5.97. The summed E-state index contributed by atoms with van der Waals surface area (Å²) < 4.78 is 5.83. The van der Waals surface area contributed by atoms with Crippen molar-refractivity contribution < 1.29 is 14.6 Å². The van der Waals surface area contributed by atoms with E-state index in [2.05, 4.69) is 67.7 Å². The van der Waals surface area contributed by atoms with Crippen LogP contribution < -0.4 is 15.8 Å². The first-order valence-electron chi connectivity index (χ1n) is 10.9. The van der Waals surface area contributed by atoms with Crippen molar-refractivity contribution in [2.75, 3.05) is 18.5 Å². The maximum atomic E-state index is 12.0. The van der Waals surface area contributed by atoms with Crippen LogP contribution in [0, 0.1) is 0 Å². The molecule has 0 bridgehead atoms. The minimum atomic E-state index is -1.32. The number of nitrogens with one attached hydrogen (secondary N) is 1. The van der Waals surface area contributed by atoms with E-state index in [4.69, 9.17) is 10.5 Å². The van der Waals surface area contributed by atoms with Gasteiger partial charge < -0.3 is 20.9 Å². The molecule has 32 heavy (non-hydrogen) atoms. The van der Waals surface area contributed by atoms with Gasteiger partial charge in [0.25, 0.3) is 0 Å². The molecule has 1 amide bonds. The zero-order chi connectivity index (χ0) is 23.1. The number of ether oxygens (including phenoxy) is 1. The second-order valence-corrected chi connectivity index (χ2v) is 8.63. The van der Waals surface area contributed by atoms with Crippen LogP contribution in [-0.4, -0.2) is 29.8 Å². The molecule has 1 unspecified atom stereocenters. The van der Waals surface area contributed by atoms with Crippen LogP contribution in [0.4, 0.5) is 5.69 Å². The summed E-state index contributed by atoms with van der Waals surface area (Å²) >= 11 is 0. The third-order valence-corrected chi connectivity index (χ3v) is 5.48. The van der Waals surface area contributed by atoms with E-state index in [0.717, 1.165) is 12.2 Å². The molecule has 0 heterocycles. The maximum absolute atomic E-state index is 12.0. The van der Waals surface area contributed by atoms with E-state index >= 15 is 0 Å². The van der Waals surface area contributed by atoms with Gasteiger partial charge in [-0.2, -0.15) is 0 Å². The molecule has 0 aliphatic carbocycles. The van der Waals surface area contributed by atoms with E-state index in [1.807, 2.05) is 0 Å². The molecular formula is C27H32N2O3. The van der Waals surface area contributed by atoms with Crippen molar-refractivity contribution in [3.8, 4) is 16.9 Å². The summed E-state index contributed by atoms with van der Waals surface area (Å²) in [6.07, 6.45) is 0.799. The monoisotopic (exact) mass is 432 g/mol. The van der Waals surface area contributed by atoms with Gasteiger partial charge in [-0.15, -0.1) is 0 Å². The number of carbonyl (C=O) groups excluding carboxylic acids is 1. The molecule has 4 N–H and O–H groups in total. The standard InChI is InChI=1S/C27H32N2O3/c1-19(2)21-8-10-23(11-9-21)22-6-4-20(5-7-22)16-17-32-25-14-12-24(13-15-25)29-26(31)27(3,28)18-30/h4-15,19,30H,16-18,28H2,1-3H3,(H,29,31). The van der Waals surface area contributed by atoms with Gasteiger partial charge in [0, 0.05) is 12.1 Å². The Morgan fingerprint density at radius 1 is 0.969 bits per heavy atom. The molecule has 0 radical (unpaired) electrons. The molecule has 1 atom stereocenters. The molecule has 3 rings (SSSR count). The summed E-state index contributed by atoms with van der Waals surface area (Å²) in [7, 11) is 0. The number of carbonyl (C=O) groups is 1. The van der Waals surface area contributed by atoms with Crippen molar-refractivity contribution in [2.45, 2.75) is 38.6 Å². The van der Waals surface area contributed by atoms with Gasteiger partial charge in [0.05, 0.1) is 13.2 Å². The number of aliphatic hydroxyl groups excluding tert-OH is 1. The van der Waals surface area contributed by atoms with Crippen molar-refractivity contribution in [2.24, 2.45) is 5.73 Å². The highest BCUT2D eigenvalue weighted by atomic mass is 16.5. The van der Waals surface area contributed by atoms with E-state index in [0.29, 0.717) is 18.2 Å². The Morgan fingerprint density at radius 3 is 2.06 bits per heavy atom. The minimum absolute atomic E-state index is 0.425. The van der Waals surface area contributed by atoms with Crippen molar-refractivity contribution >= 4 is 11.6 Å². The molecule has 0 aliphatic rings. The van der Waals surface area contributed by atoms with Crippen LogP contribution in [-0.2, 0) is 11.2 Å². The van der Waals surface area contributed by atoms with Crippen molar-refractivity contribution in [1.82, 2.24) is 0 Å². The molecule has 168 valence electrons. The Labute approximate surface area is 190 Å². The molecule has 0 spiro atoms. The third kappa shape index (κ3) is 6.19. The van der Waals surface area contributed by atoms with Gasteiger partial charge in [-0.05, 0) is 59.4 Å². The normalized spacial score (nSPS) is 12.9. The molecular weight excluding hydrogens is 400 g/mol. The third-order valence-electron chi connectivity index (χ3n) is 5.48. The minimum Gasteiger partial charge on any atom is -0.493 e. The lowest BCUT2D eigenvalue weighted by molar-refractivity contribution is -0.121. The van der Waals surface area contributed by atoms with Crippen LogP contribution >= 0.6 is 0 Å². The van der Waals surface area contributed by atoms with E-state index in [9.17, 15) is 9.90 Å². The van der Waals surface area contributed by atoms with Crippen molar-refractivity contribution in [1.29, 1.82) is 0 Å². The summed E-state index contributed by atoms with van der Waals surface area (Å²) in [5.74, 6) is 0.824. The van der Waals surface area contributed by atoms with Gasteiger partial charge >= 0.3 is 0 Å². The second kappa shape index (κ2) is 10.4. The highest BCUT2D eigenvalue weighted by Gasteiger charge is 2.27. The van der Waals surface area contributed by atoms with Crippen LogP contribution in [0.3, 0.4) is 0 Å². The Kier molecular flexibility index (Phi) is 7.67. The maximum Gasteiger partial charge on any atom is 0.246 e. The van der Waals surface area contributed by atoms with Crippen LogP contribution in [0.15, 0.2) is 72.8 Å². The molecule has 0 aromatic heterocycles.